The van der Waals surface area contributed by atoms with E-state index in [4.69, 9.17) is 4.74 Å². The zero-order chi connectivity index (χ0) is 27.1. The predicted octanol–water partition coefficient (Wildman–Crippen LogP) is 4.26. The number of carbonyl (C=O) groups excluding carboxylic acids is 2. The van der Waals surface area contributed by atoms with Gasteiger partial charge < -0.3 is 14.5 Å². The van der Waals surface area contributed by atoms with Crippen LogP contribution >= 0.6 is 0 Å². The summed E-state index contributed by atoms with van der Waals surface area (Å²) in [5, 5.41) is 4.81. The summed E-state index contributed by atoms with van der Waals surface area (Å²) in [6.07, 6.45) is 2.43. The van der Waals surface area contributed by atoms with Crippen molar-refractivity contribution in [2.75, 3.05) is 20.1 Å². The van der Waals surface area contributed by atoms with E-state index in [1.165, 1.54) is 32.8 Å². The molecule has 2 amide bonds. The number of fused-ring (bicyclic) bond motifs is 1. The number of halogens is 2. The number of pyridine rings is 1. The lowest BCUT2D eigenvalue weighted by Gasteiger charge is -2.36. The van der Waals surface area contributed by atoms with Crippen molar-refractivity contribution < 1.29 is 23.1 Å². The number of amides is 2. The molecule has 1 aliphatic heterocycles. The molecule has 2 aromatic carbocycles. The first-order chi connectivity index (χ1) is 18.1. The van der Waals surface area contributed by atoms with Crippen molar-refractivity contribution in [2.45, 2.75) is 33.4 Å². The molecule has 0 spiro atoms. The van der Waals surface area contributed by atoms with E-state index < -0.39 is 29.5 Å². The van der Waals surface area contributed by atoms with E-state index in [1.807, 2.05) is 25.1 Å². The van der Waals surface area contributed by atoms with Gasteiger partial charge in [0.2, 0.25) is 0 Å². The third-order valence-electron chi connectivity index (χ3n) is 6.94. The fourth-order valence-electron chi connectivity index (χ4n) is 4.87. The van der Waals surface area contributed by atoms with Gasteiger partial charge in [0.05, 0.1) is 24.1 Å². The van der Waals surface area contributed by atoms with Gasteiger partial charge in [-0.3, -0.25) is 9.59 Å². The molecule has 10 heteroatoms. The summed E-state index contributed by atoms with van der Waals surface area (Å²) in [5.41, 5.74) is 3.89. The normalized spacial score (nSPS) is 14.9. The zero-order valence-electron chi connectivity index (χ0n) is 21.5. The maximum absolute atomic E-state index is 14.5. The molecule has 38 heavy (non-hydrogen) atoms. The largest absolute Gasteiger partial charge is 0.487 e. The Labute approximate surface area is 218 Å². The summed E-state index contributed by atoms with van der Waals surface area (Å²) in [5.74, 6) is -1.59. The summed E-state index contributed by atoms with van der Waals surface area (Å²) in [4.78, 5) is 32.5. The van der Waals surface area contributed by atoms with E-state index in [-0.39, 0.29) is 6.61 Å². The van der Waals surface area contributed by atoms with Crippen LogP contribution in [0.5, 0.6) is 5.75 Å². The number of aromatic nitrogens is 3. The first kappa shape index (κ1) is 25.3. The van der Waals surface area contributed by atoms with Gasteiger partial charge in [-0.25, -0.2) is 18.4 Å². The lowest BCUT2D eigenvalue weighted by Crippen LogP contribution is -2.53. The Kier molecular flexibility index (Phi) is 6.56. The van der Waals surface area contributed by atoms with Crippen LogP contribution in [0.1, 0.15) is 35.3 Å². The molecule has 1 fully saturated rings. The number of hydrogen-bond donors (Lipinski definition) is 0. The van der Waals surface area contributed by atoms with Crippen molar-refractivity contribution in [3.8, 4) is 11.4 Å². The van der Waals surface area contributed by atoms with Crippen LogP contribution in [-0.2, 0) is 16.2 Å². The monoisotopic (exact) mass is 519 g/mol. The summed E-state index contributed by atoms with van der Waals surface area (Å²) < 4.78 is 35.9. The molecule has 4 aromatic rings. The average molecular weight is 520 g/mol. The van der Waals surface area contributed by atoms with Crippen molar-refractivity contribution in [3.63, 3.8) is 0 Å². The van der Waals surface area contributed by atoms with E-state index in [2.05, 4.69) is 10.1 Å². The highest BCUT2D eigenvalue weighted by Gasteiger charge is 2.34. The number of aryl methyl sites for hydroxylation is 2. The molecule has 8 nitrogen and oxygen atoms in total. The number of hydrogen-bond acceptors (Lipinski definition) is 5. The van der Waals surface area contributed by atoms with Crippen molar-refractivity contribution in [1.29, 1.82) is 0 Å². The number of piperazine rings is 1. The maximum Gasteiger partial charge on any atom is 0.312 e. The fourth-order valence-corrected chi connectivity index (χ4v) is 4.87. The number of ether oxygens (including phenoxy) is 1. The number of likely N-dealkylation sites (N-methyl/N-ethyl adjacent to an activating group) is 1. The molecular weight excluding hydrogens is 492 g/mol. The minimum atomic E-state index is -0.614. The van der Waals surface area contributed by atoms with Crippen molar-refractivity contribution in [3.05, 3.63) is 82.8 Å². The highest BCUT2D eigenvalue weighted by Crippen LogP contribution is 2.33. The van der Waals surface area contributed by atoms with Gasteiger partial charge in [0.1, 0.15) is 23.7 Å². The van der Waals surface area contributed by atoms with Crippen LogP contribution in [0, 0.1) is 25.5 Å². The Morgan fingerprint density at radius 1 is 1.05 bits per heavy atom. The van der Waals surface area contributed by atoms with E-state index in [0.717, 1.165) is 17.1 Å². The standard InChI is InChI=1S/C28H27F2N5O3/c1-16-10-19(29)12-22(18(3)34-9-8-33(4)27(36)28(34)37)23(16)15-38-25-7-5-6-21-24(11-17(2)32-26(21)25)35-14-20(30)13-31-35/h5-7,10-14,18H,8-9,15H2,1-4H3/t18-/m0/s1. The number of rotatable bonds is 6. The quantitative estimate of drug-likeness (QED) is 0.356. The molecule has 0 aliphatic carbocycles. The highest BCUT2D eigenvalue weighted by molar-refractivity contribution is 6.35. The summed E-state index contributed by atoms with van der Waals surface area (Å²) in [7, 11) is 1.59. The summed E-state index contributed by atoms with van der Waals surface area (Å²) in [6.45, 7) is 6.23. The predicted molar refractivity (Wildman–Crippen MR) is 137 cm³/mol. The Morgan fingerprint density at radius 3 is 2.58 bits per heavy atom. The second-order valence-corrected chi connectivity index (χ2v) is 9.52. The van der Waals surface area contributed by atoms with Gasteiger partial charge in [0, 0.05) is 31.2 Å². The van der Waals surface area contributed by atoms with Gasteiger partial charge in [-0.05, 0) is 61.7 Å². The van der Waals surface area contributed by atoms with Crippen LogP contribution in [0.4, 0.5) is 8.78 Å². The molecule has 3 heterocycles. The molecule has 5 rings (SSSR count). The third kappa shape index (κ3) is 4.57. The number of para-hydroxylation sites is 1. The Hall–Kier alpha value is -4.34. The molecular formula is C28H27F2N5O3. The molecule has 1 saturated heterocycles. The molecule has 196 valence electrons. The van der Waals surface area contributed by atoms with Crippen LogP contribution in [0.2, 0.25) is 0 Å². The van der Waals surface area contributed by atoms with Gasteiger partial charge in [0.25, 0.3) is 0 Å². The van der Waals surface area contributed by atoms with Gasteiger partial charge in [-0.15, -0.1) is 0 Å². The second kappa shape index (κ2) is 9.85. The molecule has 1 aliphatic rings. The smallest absolute Gasteiger partial charge is 0.312 e. The molecule has 0 radical (unpaired) electrons. The Bertz CT molecular complexity index is 1570. The Morgan fingerprint density at radius 2 is 1.84 bits per heavy atom. The van der Waals surface area contributed by atoms with E-state index in [1.54, 1.807) is 27.0 Å². The molecule has 2 aromatic heterocycles. The van der Waals surface area contributed by atoms with Gasteiger partial charge in [0.15, 0.2) is 5.82 Å². The highest BCUT2D eigenvalue weighted by atomic mass is 19.1. The lowest BCUT2D eigenvalue weighted by atomic mass is 9.95. The molecule has 0 saturated carbocycles. The van der Waals surface area contributed by atoms with Crippen LogP contribution < -0.4 is 4.74 Å². The van der Waals surface area contributed by atoms with Crippen molar-refractivity contribution in [2.24, 2.45) is 0 Å². The SMILES string of the molecule is Cc1cc(-n2cc(F)cn2)c2cccc(OCc3c(C)cc(F)cc3[C@H](C)N3CCN(C)C(=O)C3=O)c2n1. The Balaban J connectivity index is 1.50. The zero-order valence-corrected chi connectivity index (χ0v) is 21.5. The minimum Gasteiger partial charge on any atom is -0.487 e. The number of carbonyl (C=O) groups is 2. The second-order valence-electron chi connectivity index (χ2n) is 9.52. The number of nitrogens with zero attached hydrogens (tertiary/aromatic N) is 5. The van der Waals surface area contributed by atoms with E-state index in [0.29, 0.717) is 46.9 Å². The third-order valence-corrected chi connectivity index (χ3v) is 6.94. The average Bonchev–Trinajstić information content (AvgIpc) is 3.31. The molecule has 0 N–H and O–H groups in total. The first-order valence-corrected chi connectivity index (χ1v) is 12.2. The van der Waals surface area contributed by atoms with Crippen LogP contribution in [-0.4, -0.2) is 56.5 Å². The van der Waals surface area contributed by atoms with Gasteiger partial charge >= 0.3 is 11.8 Å². The maximum atomic E-state index is 14.5. The molecule has 1 atom stereocenters. The van der Waals surface area contributed by atoms with Crippen molar-refractivity contribution >= 4 is 22.7 Å². The van der Waals surface area contributed by atoms with E-state index >= 15 is 0 Å². The molecule has 0 bridgehead atoms. The van der Waals surface area contributed by atoms with Gasteiger partial charge in [-0.1, -0.05) is 12.1 Å². The topological polar surface area (TPSA) is 80.6 Å². The molecule has 0 unspecified atom stereocenters. The van der Waals surface area contributed by atoms with Crippen LogP contribution in [0.3, 0.4) is 0 Å². The summed E-state index contributed by atoms with van der Waals surface area (Å²) >= 11 is 0. The lowest BCUT2D eigenvalue weighted by molar-refractivity contribution is -0.156. The fraction of sp³-hybridized carbons (Fsp3) is 0.286. The summed E-state index contributed by atoms with van der Waals surface area (Å²) in [6, 6.07) is 9.54. The van der Waals surface area contributed by atoms with Crippen LogP contribution in [0.15, 0.2) is 48.8 Å². The van der Waals surface area contributed by atoms with Crippen molar-refractivity contribution in [1.82, 2.24) is 24.6 Å². The van der Waals surface area contributed by atoms with E-state index in [9.17, 15) is 18.4 Å². The van der Waals surface area contributed by atoms with Gasteiger partial charge in [-0.2, -0.15) is 5.10 Å². The number of benzene rings is 2. The minimum absolute atomic E-state index is 0.0854. The van der Waals surface area contributed by atoms with Crippen LogP contribution in [0.25, 0.3) is 16.6 Å². The first-order valence-electron chi connectivity index (χ1n) is 12.2.